The molecule has 0 radical (unpaired) electrons. The Hall–Kier alpha value is -1.52. The number of phenols is 2. The van der Waals surface area contributed by atoms with Crippen molar-refractivity contribution in [3.63, 3.8) is 0 Å². The quantitative estimate of drug-likeness (QED) is 0.713. The number of hydrogen-bond acceptors (Lipinski definition) is 4. The number of carbonyl (C=O) groups is 2. The van der Waals surface area contributed by atoms with Crippen LogP contribution in [-0.4, -0.2) is 21.8 Å². The molecule has 17 heavy (non-hydrogen) atoms. The lowest BCUT2D eigenvalue weighted by Crippen LogP contribution is -2.16. The summed E-state index contributed by atoms with van der Waals surface area (Å²) in [7, 11) is 0. The van der Waals surface area contributed by atoms with Crippen LogP contribution in [0.15, 0.2) is 11.6 Å². The lowest BCUT2D eigenvalue weighted by molar-refractivity contribution is 0.0979. The van der Waals surface area contributed by atoms with Crippen molar-refractivity contribution in [2.24, 2.45) is 0 Å². The maximum absolute atomic E-state index is 11.8. The third-order valence-electron chi connectivity index (χ3n) is 2.51. The van der Waals surface area contributed by atoms with Crippen LogP contribution in [0.4, 0.5) is 0 Å². The second-order valence-electron chi connectivity index (χ2n) is 3.60. The molecule has 0 atom stereocenters. The topological polar surface area (TPSA) is 74.6 Å². The Labute approximate surface area is 106 Å². The zero-order valence-electron chi connectivity index (χ0n) is 8.54. The van der Waals surface area contributed by atoms with Crippen molar-refractivity contribution in [1.29, 1.82) is 0 Å². The lowest BCUT2D eigenvalue weighted by atomic mass is 9.89. The number of aromatic hydroxyl groups is 2. The van der Waals surface area contributed by atoms with E-state index in [0.717, 1.165) is 6.08 Å². The van der Waals surface area contributed by atoms with Crippen molar-refractivity contribution in [3.05, 3.63) is 32.8 Å². The third kappa shape index (κ3) is 1.52. The highest BCUT2D eigenvalue weighted by atomic mass is 35.5. The monoisotopic (exact) mass is 272 g/mol. The molecular weight excluding hydrogens is 267 g/mol. The molecule has 0 aliphatic heterocycles. The molecule has 0 unspecified atom stereocenters. The number of rotatable bonds is 0. The Morgan fingerprint density at radius 2 is 1.47 bits per heavy atom. The van der Waals surface area contributed by atoms with Gasteiger partial charge in [-0.25, -0.2) is 0 Å². The maximum atomic E-state index is 11.8. The highest BCUT2D eigenvalue weighted by molar-refractivity contribution is 6.45. The van der Waals surface area contributed by atoms with E-state index in [2.05, 4.69) is 0 Å². The number of carbonyl (C=O) groups excluding carboxylic acids is 2. The summed E-state index contributed by atoms with van der Waals surface area (Å²) in [5, 5.41) is 18.7. The number of Topliss-reactive ketones (excluding diaryl/α,β-unsaturated/α-hetero) is 1. The standard InChI is InChI=1S/C11H6Cl2O4/c1-3-2-4(14)5-6(9(3)15)11(17)8(13)7(12)10(5)16/h2,16-17H,1H3. The number of benzene rings is 1. The fourth-order valence-corrected chi connectivity index (χ4v) is 2.02. The van der Waals surface area contributed by atoms with E-state index in [1.165, 1.54) is 6.92 Å². The van der Waals surface area contributed by atoms with Crippen molar-refractivity contribution in [3.8, 4) is 11.5 Å². The van der Waals surface area contributed by atoms with Crippen molar-refractivity contribution in [2.75, 3.05) is 0 Å². The third-order valence-corrected chi connectivity index (χ3v) is 3.34. The van der Waals surface area contributed by atoms with Gasteiger partial charge in [-0.1, -0.05) is 23.2 Å². The second-order valence-corrected chi connectivity index (χ2v) is 4.35. The van der Waals surface area contributed by atoms with E-state index in [1.807, 2.05) is 0 Å². The minimum atomic E-state index is -0.594. The van der Waals surface area contributed by atoms with Gasteiger partial charge < -0.3 is 10.2 Å². The summed E-state index contributed by atoms with van der Waals surface area (Å²) in [5.41, 5.74) is -0.454. The Morgan fingerprint density at radius 1 is 1.00 bits per heavy atom. The fourth-order valence-electron chi connectivity index (χ4n) is 1.66. The van der Waals surface area contributed by atoms with Crippen molar-refractivity contribution < 1.29 is 19.8 Å². The average Bonchev–Trinajstić information content (AvgIpc) is 2.28. The summed E-state index contributed by atoms with van der Waals surface area (Å²) >= 11 is 11.3. The van der Waals surface area contributed by atoms with Gasteiger partial charge in [0.1, 0.15) is 21.5 Å². The molecule has 0 heterocycles. The minimum absolute atomic E-state index is 0.163. The first kappa shape index (κ1) is 12.0. The van der Waals surface area contributed by atoms with Crippen molar-refractivity contribution in [2.45, 2.75) is 6.92 Å². The van der Waals surface area contributed by atoms with Crippen LogP contribution in [0.25, 0.3) is 0 Å². The van der Waals surface area contributed by atoms with Crippen LogP contribution in [-0.2, 0) is 0 Å². The van der Waals surface area contributed by atoms with Gasteiger partial charge in [0.25, 0.3) is 0 Å². The van der Waals surface area contributed by atoms with Gasteiger partial charge >= 0.3 is 0 Å². The van der Waals surface area contributed by atoms with Crippen LogP contribution in [0, 0.1) is 0 Å². The Balaban J connectivity index is 2.93. The SMILES string of the molecule is CC1=CC(=O)c2c(O)c(Cl)c(Cl)c(O)c2C1=O. The molecule has 6 heteroatoms. The Kier molecular flexibility index (Phi) is 2.64. The van der Waals surface area contributed by atoms with Gasteiger partial charge in [-0.2, -0.15) is 0 Å². The first-order valence-corrected chi connectivity index (χ1v) is 5.32. The van der Waals surface area contributed by atoms with Crippen LogP contribution >= 0.6 is 23.2 Å². The van der Waals surface area contributed by atoms with Crippen LogP contribution in [0.1, 0.15) is 27.6 Å². The number of hydrogen-bond donors (Lipinski definition) is 2. The molecule has 0 spiro atoms. The van der Waals surface area contributed by atoms with Gasteiger partial charge in [0.2, 0.25) is 0 Å². The van der Waals surface area contributed by atoms with Gasteiger partial charge in [-0.3, -0.25) is 9.59 Å². The van der Waals surface area contributed by atoms with Gasteiger partial charge in [-0.15, -0.1) is 0 Å². The molecule has 0 fully saturated rings. The smallest absolute Gasteiger partial charge is 0.193 e. The van der Waals surface area contributed by atoms with Crippen LogP contribution in [0.3, 0.4) is 0 Å². The zero-order valence-corrected chi connectivity index (χ0v) is 10.1. The molecule has 1 aliphatic carbocycles. The average molecular weight is 273 g/mol. The molecule has 88 valence electrons. The fraction of sp³-hybridized carbons (Fsp3) is 0.0909. The van der Waals surface area contributed by atoms with E-state index < -0.39 is 23.1 Å². The van der Waals surface area contributed by atoms with E-state index in [9.17, 15) is 19.8 Å². The highest BCUT2D eigenvalue weighted by Crippen LogP contribution is 2.46. The number of halogens is 2. The summed E-state index contributed by atoms with van der Waals surface area (Å²) in [6, 6.07) is 0. The van der Waals surface area contributed by atoms with Gasteiger partial charge in [0, 0.05) is 5.57 Å². The van der Waals surface area contributed by atoms with Gasteiger partial charge in [0.05, 0.1) is 11.1 Å². The molecule has 0 aromatic heterocycles. The highest BCUT2D eigenvalue weighted by Gasteiger charge is 2.33. The molecule has 1 aromatic rings. The van der Waals surface area contributed by atoms with Gasteiger partial charge in [-0.05, 0) is 13.0 Å². The van der Waals surface area contributed by atoms with Crippen LogP contribution in [0.5, 0.6) is 11.5 Å². The van der Waals surface area contributed by atoms with E-state index in [1.54, 1.807) is 0 Å². The predicted molar refractivity (Wildman–Crippen MR) is 62.2 cm³/mol. The summed E-state index contributed by atoms with van der Waals surface area (Å²) in [5.74, 6) is -2.34. The second kappa shape index (κ2) is 3.75. The van der Waals surface area contributed by atoms with E-state index in [4.69, 9.17) is 23.2 Å². The lowest BCUT2D eigenvalue weighted by Gasteiger charge is -2.17. The van der Waals surface area contributed by atoms with E-state index in [-0.39, 0.29) is 26.7 Å². The molecule has 1 aliphatic rings. The van der Waals surface area contributed by atoms with Crippen LogP contribution < -0.4 is 0 Å². The molecule has 0 saturated heterocycles. The van der Waals surface area contributed by atoms with E-state index in [0.29, 0.717) is 0 Å². The minimum Gasteiger partial charge on any atom is -0.506 e. The molecule has 0 amide bonds. The molecule has 2 rings (SSSR count). The van der Waals surface area contributed by atoms with Crippen molar-refractivity contribution >= 4 is 34.8 Å². The molecule has 2 N–H and O–H groups in total. The first-order chi connectivity index (χ1) is 7.86. The predicted octanol–water partition coefficient (Wildman–Crippen LogP) is 2.73. The number of fused-ring (bicyclic) bond motifs is 1. The summed E-state index contributed by atoms with van der Waals surface area (Å²) in [6.07, 6.45) is 1.08. The number of allylic oxidation sites excluding steroid dienone is 2. The maximum Gasteiger partial charge on any atom is 0.193 e. The molecule has 0 bridgehead atoms. The molecule has 4 nitrogen and oxygen atoms in total. The van der Waals surface area contributed by atoms with E-state index >= 15 is 0 Å². The molecular formula is C11H6Cl2O4. The Morgan fingerprint density at radius 3 is 2.00 bits per heavy atom. The molecule has 0 saturated carbocycles. The Bertz CT molecular complexity index is 602. The normalized spacial score (nSPS) is 14.6. The largest absolute Gasteiger partial charge is 0.506 e. The van der Waals surface area contributed by atoms with Crippen molar-refractivity contribution in [1.82, 2.24) is 0 Å². The first-order valence-electron chi connectivity index (χ1n) is 4.56. The van der Waals surface area contributed by atoms with Crippen LogP contribution in [0.2, 0.25) is 10.0 Å². The summed E-state index contributed by atoms with van der Waals surface area (Å²) in [4.78, 5) is 23.5. The number of phenolic OH excluding ortho intramolecular Hbond substituents is 2. The number of ketones is 2. The summed E-state index contributed by atoms with van der Waals surface area (Å²) < 4.78 is 0. The summed E-state index contributed by atoms with van der Waals surface area (Å²) in [6.45, 7) is 1.43. The van der Waals surface area contributed by atoms with Gasteiger partial charge in [0.15, 0.2) is 11.6 Å². The zero-order chi connectivity index (χ0) is 12.9. The molecule has 1 aromatic carbocycles.